The number of carbonyl (C=O) groups excluding carboxylic acids is 1. The van der Waals surface area contributed by atoms with E-state index in [2.05, 4.69) is 5.32 Å². The molecule has 1 N–H and O–H groups in total. The molecule has 138 valence electrons. The molecule has 2 aromatic carbocycles. The van der Waals surface area contributed by atoms with Crippen LogP contribution in [0.4, 0.5) is 5.69 Å². The van der Waals surface area contributed by atoms with Crippen LogP contribution in [0.15, 0.2) is 36.4 Å². The highest BCUT2D eigenvalue weighted by Gasteiger charge is 2.23. The number of nitrogens with zero attached hydrogens (tertiary/aromatic N) is 1. The maximum absolute atomic E-state index is 12.6. The quantitative estimate of drug-likeness (QED) is 0.865. The minimum atomic E-state index is -3.25. The zero-order chi connectivity index (χ0) is 18.9. The van der Waals surface area contributed by atoms with Gasteiger partial charge < -0.3 is 10.1 Å². The molecule has 0 saturated carbocycles. The summed E-state index contributed by atoms with van der Waals surface area (Å²) >= 11 is 5.98. The summed E-state index contributed by atoms with van der Waals surface area (Å²) in [6.07, 6.45) is 1.85. The van der Waals surface area contributed by atoms with Gasteiger partial charge in [-0.1, -0.05) is 17.7 Å². The van der Waals surface area contributed by atoms with Gasteiger partial charge in [0.2, 0.25) is 10.0 Å². The van der Waals surface area contributed by atoms with Crippen molar-refractivity contribution in [1.29, 1.82) is 0 Å². The monoisotopic (exact) mass is 394 g/mol. The Morgan fingerprint density at radius 1 is 1.19 bits per heavy atom. The van der Waals surface area contributed by atoms with Crippen molar-refractivity contribution >= 4 is 33.2 Å². The standard InChI is InChI=1S/C18H19ClN2O4S/c1-25-17-6-4-14(19)10-16(17)18(22)20-15-5-3-12-7-8-21(26(2,23)24)11-13(12)9-15/h3-6,9-10H,7-8,11H2,1-2H3,(H,20,22). The molecule has 0 atom stereocenters. The van der Waals surface area contributed by atoms with E-state index in [-0.39, 0.29) is 5.91 Å². The third-order valence-corrected chi connectivity index (χ3v) is 5.80. The maximum atomic E-state index is 12.6. The van der Waals surface area contributed by atoms with Gasteiger partial charge in [-0.2, -0.15) is 4.31 Å². The van der Waals surface area contributed by atoms with Gasteiger partial charge >= 0.3 is 0 Å². The van der Waals surface area contributed by atoms with Crippen LogP contribution in [0.3, 0.4) is 0 Å². The van der Waals surface area contributed by atoms with Gasteiger partial charge in [-0.3, -0.25) is 4.79 Å². The van der Waals surface area contributed by atoms with Gasteiger partial charge in [0.15, 0.2) is 0 Å². The van der Waals surface area contributed by atoms with Gasteiger partial charge in [-0.25, -0.2) is 8.42 Å². The fourth-order valence-electron chi connectivity index (χ4n) is 2.95. The molecule has 0 aliphatic carbocycles. The van der Waals surface area contributed by atoms with Crippen LogP contribution in [0.2, 0.25) is 5.02 Å². The Morgan fingerprint density at radius 3 is 2.65 bits per heavy atom. The molecule has 6 nitrogen and oxygen atoms in total. The molecule has 1 aliphatic rings. The third-order valence-electron chi connectivity index (χ3n) is 4.32. The van der Waals surface area contributed by atoms with Crippen LogP contribution >= 0.6 is 11.6 Å². The molecular weight excluding hydrogens is 376 g/mol. The van der Waals surface area contributed by atoms with Crippen molar-refractivity contribution in [3.8, 4) is 5.75 Å². The number of benzene rings is 2. The first kappa shape index (κ1) is 18.7. The molecule has 0 radical (unpaired) electrons. The zero-order valence-corrected chi connectivity index (χ0v) is 16.0. The van der Waals surface area contributed by atoms with Gasteiger partial charge in [0.25, 0.3) is 5.91 Å². The van der Waals surface area contributed by atoms with E-state index < -0.39 is 10.0 Å². The predicted molar refractivity (Wildman–Crippen MR) is 101 cm³/mol. The summed E-state index contributed by atoms with van der Waals surface area (Å²) < 4.78 is 30.2. The largest absolute Gasteiger partial charge is 0.496 e. The third kappa shape index (κ3) is 4.00. The number of hydrogen-bond acceptors (Lipinski definition) is 4. The van der Waals surface area contributed by atoms with Crippen LogP contribution in [0.5, 0.6) is 5.75 Å². The minimum absolute atomic E-state index is 0.304. The SMILES string of the molecule is COc1ccc(Cl)cc1C(=O)Nc1ccc2c(c1)CN(S(C)(=O)=O)CC2. The van der Waals surface area contributed by atoms with Crippen molar-refractivity contribution in [2.75, 3.05) is 25.2 Å². The Bertz CT molecular complexity index is 960. The molecule has 1 heterocycles. The van der Waals surface area contributed by atoms with Crippen LogP contribution in [0, 0.1) is 0 Å². The van der Waals surface area contributed by atoms with Crippen molar-refractivity contribution < 1.29 is 17.9 Å². The number of amides is 1. The molecule has 1 aliphatic heterocycles. The lowest BCUT2D eigenvalue weighted by Gasteiger charge is -2.27. The van der Waals surface area contributed by atoms with Gasteiger partial charge in [0, 0.05) is 23.8 Å². The number of halogens is 1. The van der Waals surface area contributed by atoms with E-state index >= 15 is 0 Å². The Balaban J connectivity index is 1.84. The first-order chi connectivity index (χ1) is 12.3. The Kier molecular flexibility index (Phi) is 5.22. The summed E-state index contributed by atoms with van der Waals surface area (Å²) in [5, 5.41) is 3.25. The second-order valence-electron chi connectivity index (χ2n) is 6.13. The molecule has 0 spiro atoms. The lowest BCUT2D eigenvalue weighted by atomic mass is 10.0. The number of sulfonamides is 1. The number of rotatable bonds is 4. The molecule has 2 aromatic rings. The molecule has 0 aromatic heterocycles. The zero-order valence-electron chi connectivity index (χ0n) is 14.5. The van der Waals surface area contributed by atoms with E-state index in [1.54, 1.807) is 18.2 Å². The van der Waals surface area contributed by atoms with Crippen LogP contribution < -0.4 is 10.1 Å². The van der Waals surface area contributed by atoms with E-state index in [9.17, 15) is 13.2 Å². The van der Waals surface area contributed by atoms with Crippen molar-refractivity contribution in [3.05, 3.63) is 58.1 Å². The van der Waals surface area contributed by atoms with E-state index in [1.807, 2.05) is 18.2 Å². The number of hydrogen-bond donors (Lipinski definition) is 1. The number of carbonyl (C=O) groups is 1. The van der Waals surface area contributed by atoms with Gasteiger partial charge in [0.05, 0.1) is 18.9 Å². The van der Waals surface area contributed by atoms with Gasteiger partial charge in [0.1, 0.15) is 5.75 Å². The molecule has 0 bridgehead atoms. The number of ether oxygens (including phenoxy) is 1. The van der Waals surface area contributed by atoms with Crippen LogP contribution in [0.1, 0.15) is 21.5 Å². The first-order valence-electron chi connectivity index (χ1n) is 8.00. The number of anilines is 1. The number of fused-ring (bicyclic) bond motifs is 1. The van der Waals surface area contributed by atoms with Crippen molar-refractivity contribution in [2.24, 2.45) is 0 Å². The Labute approximate surface area is 157 Å². The average Bonchev–Trinajstić information content (AvgIpc) is 2.60. The molecule has 0 unspecified atom stereocenters. The number of methoxy groups -OCH3 is 1. The summed E-state index contributed by atoms with van der Waals surface area (Å²) in [5.74, 6) is 0.0770. The van der Waals surface area contributed by atoms with Crippen LogP contribution in [-0.4, -0.2) is 38.5 Å². The number of nitrogens with one attached hydrogen (secondary N) is 1. The van der Waals surface area contributed by atoms with Crippen molar-refractivity contribution in [1.82, 2.24) is 4.31 Å². The predicted octanol–water partition coefficient (Wildman–Crippen LogP) is 2.92. The van der Waals surface area contributed by atoms with Crippen molar-refractivity contribution in [3.63, 3.8) is 0 Å². The minimum Gasteiger partial charge on any atom is -0.496 e. The molecule has 0 saturated heterocycles. The highest BCUT2D eigenvalue weighted by molar-refractivity contribution is 7.88. The second-order valence-corrected chi connectivity index (χ2v) is 8.55. The Morgan fingerprint density at radius 2 is 1.96 bits per heavy atom. The summed E-state index contributed by atoms with van der Waals surface area (Å²) in [4.78, 5) is 12.6. The van der Waals surface area contributed by atoms with E-state index in [1.165, 1.54) is 17.7 Å². The summed E-state index contributed by atoms with van der Waals surface area (Å²) in [6, 6.07) is 10.4. The fraction of sp³-hybridized carbons (Fsp3) is 0.278. The van der Waals surface area contributed by atoms with Gasteiger partial charge in [-0.15, -0.1) is 0 Å². The summed E-state index contributed by atoms with van der Waals surface area (Å²) in [5.41, 5.74) is 2.89. The molecule has 0 fully saturated rings. The summed E-state index contributed by atoms with van der Waals surface area (Å²) in [6.45, 7) is 0.773. The van der Waals surface area contributed by atoms with E-state index in [0.717, 1.165) is 11.1 Å². The lowest BCUT2D eigenvalue weighted by Crippen LogP contribution is -2.35. The summed E-state index contributed by atoms with van der Waals surface area (Å²) in [7, 11) is -1.76. The normalized spacial score (nSPS) is 14.6. The second kappa shape index (κ2) is 7.26. The maximum Gasteiger partial charge on any atom is 0.259 e. The van der Waals surface area contributed by atoms with Gasteiger partial charge in [-0.05, 0) is 47.9 Å². The van der Waals surface area contributed by atoms with Crippen molar-refractivity contribution in [2.45, 2.75) is 13.0 Å². The molecular formula is C18H19ClN2O4S. The van der Waals surface area contributed by atoms with Crippen LogP contribution in [-0.2, 0) is 23.0 Å². The topological polar surface area (TPSA) is 75.7 Å². The van der Waals surface area contributed by atoms with E-state index in [0.29, 0.717) is 41.5 Å². The fourth-order valence-corrected chi connectivity index (χ4v) is 3.92. The highest BCUT2D eigenvalue weighted by atomic mass is 35.5. The van der Waals surface area contributed by atoms with Crippen LogP contribution in [0.25, 0.3) is 0 Å². The Hall–Kier alpha value is -2.09. The molecule has 1 amide bonds. The first-order valence-corrected chi connectivity index (χ1v) is 10.2. The lowest BCUT2D eigenvalue weighted by molar-refractivity contribution is 0.102. The smallest absolute Gasteiger partial charge is 0.259 e. The molecule has 3 rings (SSSR count). The average molecular weight is 395 g/mol. The highest BCUT2D eigenvalue weighted by Crippen LogP contribution is 2.26. The molecule has 8 heteroatoms. The van der Waals surface area contributed by atoms with E-state index in [4.69, 9.17) is 16.3 Å². The molecule has 26 heavy (non-hydrogen) atoms.